The van der Waals surface area contributed by atoms with E-state index in [0.717, 1.165) is 29.3 Å². The first kappa shape index (κ1) is 17.6. The predicted octanol–water partition coefficient (Wildman–Crippen LogP) is 3.36. The van der Waals surface area contributed by atoms with Crippen molar-refractivity contribution >= 4 is 22.5 Å². The molecular weight excluding hydrogens is 366 g/mol. The van der Waals surface area contributed by atoms with E-state index in [1.807, 2.05) is 6.07 Å². The normalized spacial score (nSPS) is 15.8. The Labute approximate surface area is 167 Å². The number of hydrogen-bond acceptors (Lipinski definition) is 5. The molecule has 0 saturated heterocycles. The van der Waals surface area contributed by atoms with Gasteiger partial charge in [0.25, 0.3) is 5.91 Å². The minimum absolute atomic E-state index is 0.124. The van der Waals surface area contributed by atoms with E-state index in [0.29, 0.717) is 40.8 Å². The Kier molecular flexibility index (Phi) is 4.13. The second-order valence-corrected chi connectivity index (χ2v) is 7.92. The van der Waals surface area contributed by atoms with Gasteiger partial charge in [0.15, 0.2) is 0 Å². The summed E-state index contributed by atoms with van der Waals surface area (Å²) in [5.74, 6) is 1.02. The van der Waals surface area contributed by atoms with E-state index >= 15 is 0 Å². The highest BCUT2D eigenvalue weighted by molar-refractivity contribution is 6.00. The van der Waals surface area contributed by atoms with E-state index in [4.69, 9.17) is 10.5 Å². The Morgan fingerprint density at radius 3 is 2.79 bits per heavy atom. The molecule has 0 aliphatic heterocycles. The lowest BCUT2D eigenvalue weighted by Gasteiger charge is -2.09. The summed E-state index contributed by atoms with van der Waals surface area (Å²) in [6, 6.07) is 11.3. The van der Waals surface area contributed by atoms with Gasteiger partial charge in [0.2, 0.25) is 0 Å². The second kappa shape index (κ2) is 6.82. The molecule has 1 aromatic heterocycles. The first-order valence-corrected chi connectivity index (χ1v) is 9.87. The zero-order valence-corrected chi connectivity index (χ0v) is 15.9. The van der Waals surface area contributed by atoms with E-state index in [-0.39, 0.29) is 11.9 Å². The second-order valence-electron chi connectivity index (χ2n) is 7.92. The fourth-order valence-corrected chi connectivity index (χ4v) is 3.38. The molecule has 1 amide bonds. The summed E-state index contributed by atoms with van der Waals surface area (Å²) >= 11 is 0. The van der Waals surface area contributed by atoms with Crippen molar-refractivity contribution in [2.75, 3.05) is 12.3 Å². The average Bonchev–Trinajstić information content (AvgIpc) is 3.64. The maximum atomic E-state index is 12.5. The number of aromatic nitrogens is 2. The maximum absolute atomic E-state index is 12.5. The molecular formula is C22H21N5O2. The monoisotopic (exact) mass is 387 g/mol. The van der Waals surface area contributed by atoms with Crippen molar-refractivity contribution in [2.24, 2.45) is 5.92 Å². The van der Waals surface area contributed by atoms with Gasteiger partial charge < -0.3 is 15.8 Å². The molecule has 2 aromatic carbocycles. The highest BCUT2D eigenvalue weighted by Crippen LogP contribution is 2.35. The van der Waals surface area contributed by atoms with Crippen LogP contribution < -0.4 is 15.8 Å². The smallest absolute Gasteiger partial charge is 0.251 e. The van der Waals surface area contributed by atoms with Gasteiger partial charge in [0.1, 0.15) is 17.5 Å². The molecule has 2 aliphatic rings. The standard InChI is InChI=1S/C22H21N5O2/c23-10-15-8-19-18(9-20(15)29-11-12-1-2-12)21(27-26-19)13-5-14(7-16(24)6-13)22(28)25-17-3-4-17/h5-9,12,17H,1-4,11,24H2,(H,25,28)(H,26,27). The number of amides is 1. The van der Waals surface area contributed by atoms with Gasteiger partial charge in [-0.25, -0.2) is 0 Å². The lowest BCUT2D eigenvalue weighted by atomic mass is 10.0. The number of carbonyl (C=O) groups excluding carboxylic acids is 1. The first-order chi connectivity index (χ1) is 14.1. The third-order valence-corrected chi connectivity index (χ3v) is 5.36. The number of nitriles is 1. The topological polar surface area (TPSA) is 117 Å². The molecule has 7 heteroatoms. The van der Waals surface area contributed by atoms with E-state index in [1.165, 1.54) is 12.8 Å². The molecule has 0 unspecified atom stereocenters. The Morgan fingerprint density at radius 1 is 1.24 bits per heavy atom. The predicted molar refractivity (Wildman–Crippen MR) is 109 cm³/mol. The van der Waals surface area contributed by atoms with Gasteiger partial charge in [-0.15, -0.1) is 0 Å². The van der Waals surface area contributed by atoms with Crippen molar-refractivity contribution in [2.45, 2.75) is 31.7 Å². The lowest BCUT2D eigenvalue weighted by Crippen LogP contribution is -2.25. The van der Waals surface area contributed by atoms with Gasteiger partial charge in [-0.1, -0.05) is 0 Å². The van der Waals surface area contributed by atoms with Crippen LogP contribution in [0.3, 0.4) is 0 Å². The quantitative estimate of drug-likeness (QED) is 0.561. The molecule has 146 valence electrons. The van der Waals surface area contributed by atoms with E-state index < -0.39 is 0 Å². The van der Waals surface area contributed by atoms with Gasteiger partial charge in [0.05, 0.1) is 17.7 Å². The van der Waals surface area contributed by atoms with Crippen molar-refractivity contribution in [3.05, 3.63) is 41.5 Å². The van der Waals surface area contributed by atoms with Crippen LogP contribution in [0.1, 0.15) is 41.6 Å². The number of ether oxygens (including phenoxy) is 1. The number of rotatable bonds is 6. The highest BCUT2D eigenvalue weighted by atomic mass is 16.5. The van der Waals surface area contributed by atoms with Gasteiger partial charge in [-0.3, -0.25) is 9.89 Å². The fraction of sp³-hybridized carbons (Fsp3) is 0.318. The number of fused-ring (bicyclic) bond motifs is 1. The number of anilines is 1. The number of nitrogens with one attached hydrogen (secondary N) is 2. The van der Waals surface area contributed by atoms with E-state index in [2.05, 4.69) is 21.6 Å². The summed E-state index contributed by atoms with van der Waals surface area (Å²) in [5, 5.41) is 20.7. The fourth-order valence-electron chi connectivity index (χ4n) is 3.38. The van der Waals surface area contributed by atoms with Crippen LogP contribution in [0.5, 0.6) is 5.75 Å². The van der Waals surface area contributed by atoms with Crippen LogP contribution in [0, 0.1) is 17.2 Å². The van der Waals surface area contributed by atoms with Crippen LogP contribution >= 0.6 is 0 Å². The molecule has 2 aliphatic carbocycles. The third kappa shape index (κ3) is 3.61. The number of benzene rings is 2. The minimum Gasteiger partial charge on any atom is -0.492 e. The SMILES string of the molecule is N#Cc1cc2[nH]nc(-c3cc(N)cc(C(=O)NC4CC4)c3)c2cc1OCC1CC1. The summed E-state index contributed by atoms with van der Waals surface area (Å²) in [4.78, 5) is 12.5. The molecule has 5 rings (SSSR count). The molecule has 2 fully saturated rings. The molecule has 0 radical (unpaired) electrons. The molecule has 4 N–H and O–H groups in total. The van der Waals surface area contributed by atoms with Crippen molar-refractivity contribution in [1.82, 2.24) is 15.5 Å². The molecule has 7 nitrogen and oxygen atoms in total. The number of hydrogen-bond donors (Lipinski definition) is 3. The highest BCUT2D eigenvalue weighted by Gasteiger charge is 2.25. The number of carbonyl (C=O) groups is 1. The van der Waals surface area contributed by atoms with Crippen LogP contribution in [0.2, 0.25) is 0 Å². The largest absolute Gasteiger partial charge is 0.492 e. The van der Waals surface area contributed by atoms with Gasteiger partial charge >= 0.3 is 0 Å². The van der Waals surface area contributed by atoms with Crippen molar-refractivity contribution in [3.63, 3.8) is 0 Å². The lowest BCUT2D eigenvalue weighted by molar-refractivity contribution is 0.0951. The van der Waals surface area contributed by atoms with E-state index in [1.54, 1.807) is 24.3 Å². The van der Waals surface area contributed by atoms with Crippen LogP contribution in [0.25, 0.3) is 22.2 Å². The molecule has 1 heterocycles. The van der Waals surface area contributed by atoms with Crippen LogP contribution in [0.15, 0.2) is 30.3 Å². The Bertz CT molecular complexity index is 1150. The Hall–Kier alpha value is -3.53. The van der Waals surface area contributed by atoms with Crippen LogP contribution in [-0.2, 0) is 0 Å². The zero-order valence-electron chi connectivity index (χ0n) is 15.9. The number of nitrogens with two attached hydrogens (primary N) is 1. The third-order valence-electron chi connectivity index (χ3n) is 5.36. The first-order valence-electron chi connectivity index (χ1n) is 9.87. The Morgan fingerprint density at radius 2 is 2.07 bits per heavy atom. The summed E-state index contributed by atoms with van der Waals surface area (Å²) in [5.41, 5.74) is 9.72. The Balaban J connectivity index is 1.53. The van der Waals surface area contributed by atoms with Crippen molar-refractivity contribution < 1.29 is 9.53 Å². The minimum atomic E-state index is -0.124. The molecule has 29 heavy (non-hydrogen) atoms. The zero-order chi connectivity index (χ0) is 20.0. The summed E-state index contributed by atoms with van der Waals surface area (Å²) in [6.45, 7) is 0.622. The number of aromatic amines is 1. The van der Waals surface area contributed by atoms with Crippen molar-refractivity contribution in [1.29, 1.82) is 5.26 Å². The molecule has 0 atom stereocenters. The molecule has 0 bridgehead atoms. The number of nitrogens with zero attached hydrogens (tertiary/aromatic N) is 2. The van der Waals surface area contributed by atoms with Gasteiger partial charge in [-0.2, -0.15) is 10.4 Å². The summed E-state index contributed by atoms with van der Waals surface area (Å²) in [6.07, 6.45) is 4.40. The summed E-state index contributed by atoms with van der Waals surface area (Å²) in [7, 11) is 0. The number of H-pyrrole nitrogens is 1. The molecule has 0 spiro atoms. The molecule has 3 aromatic rings. The maximum Gasteiger partial charge on any atom is 0.251 e. The van der Waals surface area contributed by atoms with Crippen molar-refractivity contribution in [3.8, 4) is 23.1 Å². The number of nitrogen functional groups attached to an aromatic ring is 1. The van der Waals surface area contributed by atoms with Crippen LogP contribution in [0.4, 0.5) is 5.69 Å². The van der Waals surface area contributed by atoms with Crippen LogP contribution in [-0.4, -0.2) is 28.8 Å². The average molecular weight is 387 g/mol. The van der Waals surface area contributed by atoms with E-state index in [9.17, 15) is 10.1 Å². The molecule has 2 saturated carbocycles. The van der Waals surface area contributed by atoms with Gasteiger partial charge in [-0.05, 0) is 61.9 Å². The summed E-state index contributed by atoms with van der Waals surface area (Å²) < 4.78 is 5.90. The van der Waals surface area contributed by atoms with Gasteiger partial charge in [0, 0.05) is 28.2 Å².